The predicted molar refractivity (Wildman–Crippen MR) is 105 cm³/mol. The number of hydrogen-bond acceptors (Lipinski definition) is 5. The van der Waals surface area contributed by atoms with Gasteiger partial charge < -0.3 is 15.1 Å². The van der Waals surface area contributed by atoms with Crippen LogP contribution in [0.2, 0.25) is 5.02 Å². The maximum absolute atomic E-state index is 13.9. The Kier molecular flexibility index (Phi) is 6.11. The van der Waals surface area contributed by atoms with Crippen LogP contribution in [0.4, 0.5) is 16.0 Å². The van der Waals surface area contributed by atoms with Gasteiger partial charge in [-0.2, -0.15) is 0 Å². The lowest BCUT2D eigenvalue weighted by molar-refractivity contribution is -0.130. The fraction of sp³-hybridized carbons (Fsp3) is 0.421. The van der Waals surface area contributed by atoms with Crippen molar-refractivity contribution in [2.45, 2.75) is 20.3 Å². The van der Waals surface area contributed by atoms with Crippen LogP contribution in [-0.2, 0) is 11.2 Å². The summed E-state index contributed by atoms with van der Waals surface area (Å²) in [5.41, 5.74) is 0.258. The molecule has 1 aliphatic rings. The second-order valence-corrected chi connectivity index (χ2v) is 6.84. The van der Waals surface area contributed by atoms with Gasteiger partial charge in [-0.15, -0.1) is 0 Å². The number of halogens is 2. The van der Waals surface area contributed by atoms with E-state index in [1.54, 1.807) is 11.0 Å². The zero-order valence-electron chi connectivity index (χ0n) is 15.5. The number of nitrogens with one attached hydrogen (secondary N) is 1. The molecule has 0 unspecified atom stereocenters. The number of nitrogens with zero attached hydrogens (tertiary/aromatic N) is 4. The minimum Gasteiger partial charge on any atom is -0.370 e. The number of carbonyl (C=O) groups is 1. The smallest absolute Gasteiger partial charge is 0.227 e. The Hall–Kier alpha value is -2.41. The molecule has 27 heavy (non-hydrogen) atoms. The lowest BCUT2D eigenvalue weighted by Gasteiger charge is -2.35. The van der Waals surface area contributed by atoms with Gasteiger partial charge in [-0.3, -0.25) is 4.79 Å². The van der Waals surface area contributed by atoms with Crippen LogP contribution < -0.4 is 10.2 Å². The van der Waals surface area contributed by atoms with Crippen molar-refractivity contribution in [3.8, 4) is 0 Å². The predicted octanol–water partition coefficient (Wildman–Crippen LogP) is 2.90. The number of rotatable bonds is 5. The Bertz CT molecular complexity index is 803. The summed E-state index contributed by atoms with van der Waals surface area (Å²) in [5.74, 6) is 1.79. The van der Waals surface area contributed by atoms with Gasteiger partial charge in [-0.05, 0) is 26.0 Å². The molecule has 1 fully saturated rings. The summed E-state index contributed by atoms with van der Waals surface area (Å²) in [4.78, 5) is 25.3. The van der Waals surface area contributed by atoms with Gasteiger partial charge in [0, 0.05) is 49.4 Å². The van der Waals surface area contributed by atoms with E-state index in [1.165, 1.54) is 12.1 Å². The van der Waals surface area contributed by atoms with Crippen LogP contribution in [-0.4, -0.2) is 53.5 Å². The van der Waals surface area contributed by atoms with E-state index < -0.39 is 5.82 Å². The van der Waals surface area contributed by atoms with E-state index in [0.29, 0.717) is 32.0 Å². The first kappa shape index (κ1) is 19.4. The zero-order chi connectivity index (χ0) is 19.4. The molecule has 0 bridgehead atoms. The van der Waals surface area contributed by atoms with Gasteiger partial charge in [-0.1, -0.05) is 17.7 Å². The van der Waals surface area contributed by atoms with Crippen LogP contribution in [0.3, 0.4) is 0 Å². The van der Waals surface area contributed by atoms with Crippen molar-refractivity contribution in [3.63, 3.8) is 0 Å². The summed E-state index contributed by atoms with van der Waals surface area (Å²) < 4.78 is 13.9. The third-order valence-electron chi connectivity index (χ3n) is 4.53. The van der Waals surface area contributed by atoms with Crippen molar-refractivity contribution in [2.75, 3.05) is 42.9 Å². The van der Waals surface area contributed by atoms with Gasteiger partial charge >= 0.3 is 0 Å². The SMILES string of the molecule is CCNc1cc(N2CCN(C(=O)Cc3c(F)cccc3Cl)CC2)nc(C)n1. The number of piperazine rings is 1. The molecule has 2 heterocycles. The number of aryl methyl sites for hydroxylation is 1. The van der Waals surface area contributed by atoms with Gasteiger partial charge in [-0.25, -0.2) is 14.4 Å². The molecule has 1 amide bonds. The number of amides is 1. The maximum Gasteiger partial charge on any atom is 0.227 e. The van der Waals surface area contributed by atoms with E-state index in [9.17, 15) is 9.18 Å². The lowest BCUT2D eigenvalue weighted by atomic mass is 10.1. The maximum atomic E-state index is 13.9. The summed E-state index contributed by atoms with van der Waals surface area (Å²) >= 11 is 6.03. The molecule has 3 rings (SSSR count). The molecule has 1 N–H and O–H groups in total. The van der Waals surface area contributed by atoms with E-state index in [-0.39, 0.29) is 22.9 Å². The third-order valence-corrected chi connectivity index (χ3v) is 4.88. The van der Waals surface area contributed by atoms with Crippen molar-refractivity contribution >= 4 is 29.1 Å². The Morgan fingerprint density at radius 2 is 2.00 bits per heavy atom. The second-order valence-electron chi connectivity index (χ2n) is 6.43. The summed E-state index contributed by atoms with van der Waals surface area (Å²) in [6.07, 6.45) is -0.0251. The second kappa shape index (κ2) is 8.52. The standard InChI is InChI=1S/C19H23ClFN5O/c1-3-22-17-12-18(24-13(2)23-17)25-7-9-26(10-8-25)19(27)11-14-15(20)5-4-6-16(14)21/h4-6,12H,3,7-11H2,1-2H3,(H,22,23,24). The van der Waals surface area contributed by atoms with Crippen LogP contribution in [0, 0.1) is 12.7 Å². The van der Waals surface area contributed by atoms with Crippen LogP contribution in [0.25, 0.3) is 0 Å². The first-order valence-corrected chi connectivity index (χ1v) is 9.41. The Morgan fingerprint density at radius 3 is 2.67 bits per heavy atom. The van der Waals surface area contributed by atoms with Crippen molar-refractivity contribution < 1.29 is 9.18 Å². The summed E-state index contributed by atoms with van der Waals surface area (Å²) in [5, 5.41) is 3.49. The van der Waals surface area contributed by atoms with Gasteiger partial charge in [0.05, 0.1) is 6.42 Å². The Morgan fingerprint density at radius 1 is 1.26 bits per heavy atom. The molecule has 6 nitrogen and oxygen atoms in total. The first-order chi connectivity index (χ1) is 13.0. The quantitative estimate of drug-likeness (QED) is 0.849. The molecule has 1 aromatic carbocycles. The molecule has 1 saturated heterocycles. The van der Waals surface area contributed by atoms with E-state index in [4.69, 9.17) is 11.6 Å². The highest BCUT2D eigenvalue weighted by Crippen LogP contribution is 2.21. The van der Waals surface area contributed by atoms with Crippen LogP contribution in [0.1, 0.15) is 18.3 Å². The summed E-state index contributed by atoms with van der Waals surface area (Å²) in [6.45, 7) is 7.12. The molecular formula is C19H23ClFN5O. The zero-order valence-corrected chi connectivity index (χ0v) is 16.3. The molecule has 0 saturated carbocycles. The van der Waals surface area contributed by atoms with Crippen LogP contribution in [0.15, 0.2) is 24.3 Å². The van der Waals surface area contributed by atoms with E-state index >= 15 is 0 Å². The molecule has 2 aromatic rings. The largest absolute Gasteiger partial charge is 0.370 e. The minimum atomic E-state index is -0.443. The lowest BCUT2D eigenvalue weighted by Crippen LogP contribution is -2.49. The highest BCUT2D eigenvalue weighted by atomic mass is 35.5. The topological polar surface area (TPSA) is 61.4 Å². The van der Waals surface area contributed by atoms with Gasteiger partial charge in [0.15, 0.2) is 0 Å². The summed E-state index contributed by atoms with van der Waals surface area (Å²) in [7, 11) is 0. The minimum absolute atomic E-state index is 0.0251. The molecular weight excluding hydrogens is 369 g/mol. The highest BCUT2D eigenvalue weighted by Gasteiger charge is 2.24. The first-order valence-electron chi connectivity index (χ1n) is 9.03. The van der Waals surface area contributed by atoms with E-state index in [0.717, 1.165) is 18.2 Å². The molecule has 0 spiro atoms. The Balaban J connectivity index is 1.62. The monoisotopic (exact) mass is 391 g/mol. The van der Waals surface area contributed by atoms with E-state index in [2.05, 4.69) is 20.2 Å². The molecule has 0 atom stereocenters. The fourth-order valence-corrected chi connectivity index (χ4v) is 3.36. The van der Waals surface area contributed by atoms with Crippen molar-refractivity contribution in [1.82, 2.24) is 14.9 Å². The molecule has 1 aliphatic heterocycles. The molecule has 1 aromatic heterocycles. The highest BCUT2D eigenvalue weighted by molar-refractivity contribution is 6.31. The van der Waals surface area contributed by atoms with Crippen molar-refractivity contribution in [3.05, 3.63) is 46.5 Å². The number of aromatic nitrogens is 2. The van der Waals surface area contributed by atoms with Crippen LogP contribution >= 0.6 is 11.6 Å². The fourth-order valence-electron chi connectivity index (χ4n) is 3.13. The number of hydrogen-bond donors (Lipinski definition) is 1. The van der Waals surface area contributed by atoms with Crippen LogP contribution in [0.5, 0.6) is 0 Å². The van der Waals surface area contributed by atoms with Gasteiger partial charge in [0.1, 0.15) is 23.3 Å². The normalized spacial score (nSPS) is 14.4. The average Bonchev–Trinajstić information content (AvgIpc) is 2.64. The number of benzene rings is 1. The Labute approximate surface area is 163 Å². The summed E-state index contributed by atoms with van der Waals surface area (Å²) in [6, 6.07) is 6.39. The van der Waals surface area contributed by atoms with Gasteiger partial charge in [0.25, 0.3) is 0 Å². The van der Waals surface area contributed by atoms with Crippen molar-refractivity contribution in [1.29, 1.82) is 0 Å². The van der Waals surface area contributed by atoms with E-state index in [1.807, 2.05) is 19.9 Å². The number of carbonyl (C=O) groups excluding carboxylic acids is 1. The third kappa shape index (κ3) is 4.66. The van der Waals surface area contributed by atoms with Crippen molar-refractivity contribution in [2.24, 2.45) is 0 Å². The molecule has 8 heteroatoms. The van der Waals surface area contributed by atoms with Gasteiger partial charge in [0.2, 0.25) is 5.91 Å². The molecule has 0 radical (unpaired) electrons. The molecule has 0 aliphatic carbocycles. The average molecular weight is 392 g/mol. The molecule has 144 valence electrons. The number of anilines is 2.